The Morgan fingerprint density at radius 2 is 2.17 bits per heavy atom. The molecular weight excluding hydrogens is 308 g/mol. The van der Waals surface area contributed by atoms with Gasteiger partial charge in [0.2, 0.25) is 0 Å². The molecule has 2 heterocycles. The highest BCUT2D eigenvalue weighted by Crippen LogP contribution is 2.23. The van der Waals surface area contributed by atoms with Crippen LogP contribution in [0.1, 0.15) is 31.6 Å². The van der Waals surface area contributed by atoms with E-state index >= 15 is 0 Å². The summed E-state index contributed by atoms with van der Waals surface area (Å²) < 4.78 is 0. The number of hydrogen-bond acceptors (Lipinski definition) is 6. The summed E-state index contributed by atoms with van der Waals surface area (Å²) in [5.74, 6) is 0.740. The van der Waals surface area contributed by atoms with Crippen molar-refractivity contribution in [2.45, 2.75) is 39.3 Å². The van der Waals surface area contributed by atoms with Crippen LogP contribution in [-0.4, -0.2) is 72.8 Å². The molecule has 0 bridgehead atoms. The summed E-state index contributed by atoms with van der Waals surface area (Å²) in [6.45, 7) is 10.2. The molecule has 0 aliphatic carbocycles. The molecule has 132 valence electrons. The zero-order chi connectivity index (χ0) is 16.8. The molecule has 0 saturated carbocycles. The van der Waals surface area contributed by atoms with Crippen molar-refractivity contribution in [3.05, 3.63) is 11.1 Å². The molecule has 0 amide bonds. The lowest BCUT2D eigenvalue weighted by Gasteiger charge is -2.41. The predicted octanol–water partition coefficient (Wildman–Crippen LogP) is 2.12. The summed E-state index contributed by atoms with van der Waals surface area (Å²) in [5, 5.41) is 10.5. The van der Waals surface area contributed by atoms with Crippen LogP contribution in [-0.2, 0) is 6.54 Å². The summed E-state index contributed by atoms with van der Waals surface area (Å²) in [7, 11) is 4.07. The van der Waals surface area contributed by atoms with Gasteiger partial charge in [-0.2, -0.15) is 0 Å². The second kappa shape index (κ2) is 8.97. The van der Waals surface area contributed by atoms with Crippen LogP contribution in [0.3, 0.4) is 0 Å². The quantitative estimate of drug-likeness (QED) is 0.785. The van der Waals surface area contributed by atoms with Crippen LogP contribution in [0.25, 0.3) is 0 Å². The average Bonchev–Trinajstić information content (AvgIpc) is 2.95. The first kappa shape index (κ1) is 18.6. The minimum Gasteiger partial charge on any atom is -0.396 e. The van der Waals surface area contributed by atoms with Crippen LogP contribution in [0.2, 0.25) is 0 Å². The van der Waals surface area contributed by atoms with E-state index in [1.807, 2.05) is 20.3 Å². The van der Waals surface area contributed by atoms with Gasteiger partial charge in [-0.1, -0.05) is 13.8 Å². The van der Waals surface area contributed by atoms with Crippen LogP contribution in [0.4, 0.5) is 5.13 Å². The lowest BCUT2D eigenvalue weighted by atomic mass is 10.1. The predicted molar refractivity (Wildman–Crippen MR) is 98.2 cm³/mol. The molecule has 5 nitrogen and oxygen atoms in total. The highest BCUT2D eigenvalue weighted by atomic mass is 32.1. The Kier molecular flexibility index (Phi) is 7.27. The maximum atomic E-state index is 9.40. The Labute approximate surface area is 144 Å². The van der Waals surface area contributed by atoms with Gasteiger partial charge in [-0.05, 0) is 25.3 Å². The fraction of sp³-hybridized carbons (Fsp3) is 0.824. The minimum atomic E-state index is 0.280. The molecule has 1 aromatic heterocycles. The molecule has 2 rings (SSSR count). The molecule has 23 heavy (non-hydrogen) atoms. The van der Waals surface area contributed by atoms with Crippen molar-refractivity contribution >= 4 is 16.5 Å². The second-order valence-corrected chi connectivity index (χ2v) is 8.22. The van der Waals surface area contributed by atoms with Crippen LogP contribution in [0.5, 0.6) is 0 Å². The summed E-state index contributed by atoms with van der Waals surface area (Å²) in [6.07, 6.45) is 4.12. The number of aliphatic hydroxyl groups is 1. The van der Waals surface area contributed by atoms with Crippen molar-refractivity contribution in [3.63, 3.8) is 0 Å². The fourth-order valence-corrected chi connectivity index (χ4v) is 3.91. The molecule has 0 unspecified atom stereocenters. The third kappa shape index (κ3) is 5.71. The molecule has 1 aliphatic rings. The first-order valence-corrected chi connectivity index (χ1v) is 9.50. The fourth-order valence-electron chi connectivity index (χ4n) is 3.04. The van der Waals surface area contributed by atoms with Gasteiger partial charge in [-0.3, -0.25) is 9.80 Å². The highest BCUT2D eigenvalue weighted by Gasteiger charge is 2.26. The van der Waals surface area contributed by atoms with E-state index in [1.165, 1.54) is 11.3 Å². The van der Waals surface area contributed by atoms with E-state index in [9.17, 15) is 5.11 Å². The Balaban J connectivity index is 1.89. The van der Waals surface area contributed by atoms with E-state index in [0.29, 0.717) is 6.04 Å². The van der Waals surface area contributed by atoms with Crippen molar-refractivity contribution in [2.24, 2.45) is 5.92 Å². The number of aromatic nitrogens is 1. The molecule has 1 N–H and O–H groups in total. The Morgan fingerprint density at radius 3 is 2.78 bits per heavy atom. The van der Waals surface area contributed by atoms with Crippen molar-refractivity contribution in [1.29, 1.82) is 0 Å². The molecule has 1 aromatic rings. The van der Waals surface area contributed by atoms with Crippen LogP contribution >= 0.6 is 11.3 Å². The highest BCUT2D eigenvalue weighted by molar-refractivity contribution is 7.15. The molecule has 1 saturated heterocycles. The SMILES string of the molecule is CC(C)CCN1CCN(Cc2cnc(N(C)C)s2)C[C@@H]1CCO. The Morgan fingerprint density at radius 1 is 1.39 bits per heavy atom. The van der Waals surface area contributed by atoms with Crippen molar-refractivity contribution in [2.75, 3.05) is 51.8 Å². The zero-order valence-electron chi connectivity index (χ0n) is 15.0. The first-order chi connectivity index (χ1) is 11.0. The molecule has 6 heteroatoms. The van der Waals surface area contributed by atoms with Gasteiger partial charge >= 0.3 is 0 Å². The van der Waals surface area contributed by atoms with Crippen molar-refractivity contribution < 1.29 is 5.11 Å². The van der Waals surface area contributed by atoms with E-state index in [4.69, 9.17) is 0 Å². The summed E-state index contributed by atoms with van der Waals surface area (Å²) in [6, 6.07) is 0.480. The number of anilines is 1. The van der Waals surface area contributed by atoms with Gasteiger partial charge in [0.25, 0.3) is 0 Å². The smallest absolute Gasteiger partial charge is 0.185 e. The standard InChI is InChI=1S/C17H32N4OS/c1-14(2)5-7-21-9-8-20(12-15(21)6-10-22)13-16-11-18-17(23-16)19(3)4/h11,14-15,22H,5-10,12-13H2,1-4H3/t15-/m0/s1. The maximum absolute atomic E-state index is 9.40. The number of nitrogens with zero attached hydrogens (tertiary/aromatic N) is 4. The van der Waals surface area contributed by atoms with Gasteiger partial charge in [0.15, 0.2) is 5.13 Å². The first-order valence-electron chi connectivity index (χ1n) is 8.69. The number of hydrogen-bond donors (Lipinski definition) is 1. The summed E-state index contributed by atoms with van der Waals surface area (Å²) in [5.41, 5.74) is 0. The number of aliphatic hydroxyl groups excluding tert-OH is 1. The lowest BCUT2D eigenvalue weighted by molar-refractivity contribution is 0.0528. The van der Waals surface area contributed by atoms with E-state index in [2.05, 4.69) is 33.5 Å². The van der Waals surface area contributed by atoms with E-state index in [-0.39, 0.29) is 6.61 Å². The molecule has 0 spiro atoms. The Hall–Kier alpha value is -0.690. The van der Waals surface area contributed by atoms with Gasteiger partial charge in [-0.15, -0.1) is 11.3 Å². The number of piperazine rings is 1. The lowest BCUT2D eigenvalue weighted by Crippen LogP contribution is -2.53. The summed E-state index contributed by atoms with van der Waals surface area (Å²) in [4.78, 5) is 12.9. The van der Waals surface area contributed by atoms with E-state index in [1.54, 1.807) is 11.3 Å². The van der Waals surface area contributed by atoms with Crippen LogP contribution < -0.4 is 4.90 Å². The molecule has 1 aliphatic heterocycles. The Bertz CT molecular complexity index is 463. The minimum absolute atomic E-state index is 0.280. The van der Waals surface area contributed by atoms with E-state index < -0.39 is 0 Å². The van der Waals surface area contributed by atoms with Crippen molar-refractivity contribution in [3.8, 4) is 0 Å². The molecular formula is C17H32N4OS. The second-order valence-electron chi connectivity index (χ2n) is 7.12. The monoisotopic (exact) mass is 340 g/mol. The molecule has 1 atom stereocenters. The van der Waals surface area contributed by atoms with E-state index in [0.717, 1.165) is 50.2 Å². The largest absolute Gasteiger partial charge is 0.396 e. The van der Waals surface area contributed by atoms with Gasteiger partial charge in [0, 0.05) is 64.0 Å². The third-order valence-corrected chi connectivity index (χ3v) is 5.60. The van der Waals surface area contributed by atoms with Crippen molar-refractivity contribution in [1.82, 2.24) is 14.8 Å². The zero-order valence-corrected chi connectivity index (χ0v) is 15.8. The molecule has 1 fully saturated rings. The molecule has 0 aromatic carbocycles. The average molecular weight is 341 g/mol. The number of rotatable bonds is 8. The van der Waals surface area contributed by atoms with Gasteiger partial charge < -0.3 is 10.0 Å². The summed E-state index contributed by atoms with van der Waals surface area (Å²) >= 11 is 1.77. The normalized spacial score (nSPS) is 20.3. The van der Waals surface area contributed by atoms with Gasteiger partial charge in [0.05, 0.1) is 0 Å². The third-order valence-electron chi connectivity index (χ3n) is 4.45. The number of thiazole rings is 1. The van der Waals surface area contributed by atoms with Gasteiger partial charge in [0.1, 0.15) is 0 Å². The van der Waals surface area contributed by atoms with Crippen LogP contribution in [0, 0.1) is 5.92 Å². The maximum Gasteiger partial charge on any atom is 0.185 e. The van der Waals surface area contributed by atoms with Crippen LogP contribution in [0.15, 0.2) is 6.20 Å². The molecule has 0 radical (unpaired) electrons. The van der Waals surface area contributed by atoms with Gasteiger partial charge in [-0.25, -0.2) is 4.98 Å². The topological polar surface area (TPSA) is 42.8 Å².